The zero-order valence-electron chi connectivity index (χ0n) is 14.7. The van der Waals surface area contributed by atoms with Crippen molar-refractivity contribution in [1.29, 1.82) is 0 Å². The Morgan fingerprint density at radius 2 is 1.58 bits per heavy atom. The van der Waals surface area contributed by atoms with E-state index < -0.39 is 0 Å². The predicted octanol–water partition coefficient (Wildman–Crippen LogP) is 5.80. The van der Waals surface area contributed by atoms with Crippen LogP contribution in [0, 0.1) is 0 Å². The van der Waals surface area contributed by atoms with E-state index in [9.17, 15) is 0 Å². The van der Waals surface area contributed by atoms with Crippen molar-refractivity contribution in [2.45, 2.75) is 19.6 Å². The molecule has 0 heterocycles. The van der Waals surface area contributed by atoms with Gasteiger partial charge < -0.3 is 14.8 Å². The highest BCUT2D eigenvalue weighted by molar-refractivity contribution is 6.32. The van der Waals surface area contributed by atoms with Crippen molar-refractivity contribution in [1.82, 2.24) is 0 Å². The molecule has 26 heavy (non-hydrogen) atoms. The molecule has 0 aliphatic heterocycles. The molecule has 3 nitrogen and oxygen atoms in total. The third-order valence-electron chi connectivity index (χ3n) is 3.86. The first-order chi connectivity index (χ1) is 12.7. The van der Waals surface area contributed by atoms with Gasteiger partial charge in [-0.3, -0.25) is 0 Å². The van der Waals surface area contributed by atoms with Crippen molar-refractivity contribution in [3.63, 3.8) is 0 Å². The summed E-state index contributed by atoms with van der Waals surface area (Å²) in [5.74, 6) is 1.55. The van der Waals surface area contributed by atoms with Crippen LogP contribution in [0.2, 0.25) is 5.02 Å². The summed E-state index contributed by atoms with van der Waals surface area (Å²) in [4.78, 5) is 0. The average molecular weight is 368 g/mol. The molecule has 1 atom stereocenters. The molecule has 0 radical (unpaired) electrons. The maximum absolute atomic E-state index is 6.12. The lowest BCUT2D eigenvalue weighted by Crippen LogP contribution is -2.22. The molecule has 4 heteroatoms. The van der Waals surface area contributed by atoms with E-state index in [2.05, 4.69) is 17.4 Å². The molecule has 0 spiro atoms. The lowest BCUT2D eigenvalue weighted by Gasteiger charge is -2.17. The summed E-state index contributed by atoms with van der Waals surface area (Å²) < 4.78 is 11.7. The van der Waals surface area contributed by atoms with Gasteiger partial charge in [0.25, 0.3) is 0 Å². The fraction of sp³-hybridized carbons (Fsp3) is 0.182. The molecule has 0 saturated carbocycles. The number of para-hydroxylation sites is 1. The van der Waals surface area contributed by atoms with Crippen LogP contribution in [-0.4, -0.2) is 12.6 Å². The number of ether oxygens (including phenoxy) is 2. The zero-order chi connectivity index (χ0) is 18.2. The smallest absolute Gasteiger partial charge is 0.138 e. The van der Waals surface area contributed by atoms with Gasteiger partial charge in [-0.05, 0) is 48.9 Å². The van der Waals surface area contributed by atoms with Crippen LogP contribution in [0.15, 0.2) is 78.9 Å². The second-order valence-electron chi connectivity index (χ2n) is 6.04. The highest BCUT2D eigenvalue weighted by Crippen LogP contribution is 2.24. The number of rotatable bonds is 8. The zero-order valence-corrected chi connectivity index (χ0v) is 15.4. The minimum atomic E-state index is -0.0103. The highest BCUT2D eigenvalue weighted by atomic mass is 35.5. The van der Waals surface area contributed by atoms with Gasteiger partial charge in [0.1, 0.15) is 24.2 Å². The fourth-order valence-corrected chi connectivity index (χ4v) is 2.65. The van der Waals surface area contributed by atoms with Gasteiger partial charge in [0, 0.05) is 5.69 Å². The van der Waals surface area contributed by atoms with Crippen molar-refractivity contribution in [2.24, 2.45) is 0 Å². The summed E-state index contributed by atoms with van der Waals surface area (Å²) in [6.45, 7) is 3.25. The quantitative estimate of drug-likeness (QED) is 0.546. The monoisotopic (exact) mass is 367 g/mol. The standard InChI is InChI=1S/C22H22ClNO2/c1-17(26-22-10-6-5-9-21(22)23)15-24-19-11-13-20(14-12-19)25-16-18-7-3-2-4-8-18/h2-14,17,24H,15-16H2,1H3. The van der Waals surface area contributed by atoms with Crippen molar-refractivity contribution >= 4 is 17.3 Å². The molecular weight excluding hydrogens is 346 g/mol. The van der Waals surface area contributed by atoms with E-state index in [1.54, 1.807) is 0 Å². The van der Waals surface area contributed by atoms with Crippen LogP contribution in [0.3, 0.4) is 0 Å². The molecule has 0 aliphatic carbocycles. The van der Waals surface area contributed by atoms with Crippen molar-refractivity contribution in [2.75, 3.05) is 11.9 Å². The van der Waals surface area contributed by atoms with Gasteiger partial charge in [-0.2, -0.15) is 0 Å². The molecular formula is C22H22ClNO2. The molecule has 3 aromatic carbocycles. The molecule has 134 valence electrons. The molecule has 1 unspecified atom stereocenters. The molecule has 0 aromatic heterocycles. The summed E-state index contributed by atoms with van der Waals surface area (Å²) in [5, 5.41) is 3.99. The molecule has 0 fully saturated rings. The van der Waals surface area contributed by atoms with Crippen LogP contribution in [-0.2, 0) is 6.61 Å². The van der Waals surface area contributed by atoms with Crippen molar-refractivity contribution in [3.8, 4) is 11.5 Å². The van der Waals surface area contributed by atoms with E-state index in [4.69, 9.17) is 21.1 Å². The van der Waals surface area contributed by atoms with E-state index in [0.29, 0.717) is 23.9 Å². The molecule has 3 rings (SSSR count). The van der Waals surface area contributed by atoms with Crippen molar-refractivity contribution in [3.05, 3.63) is 89.4 Å². The first-order valence-electron chi connectivity index (χ1n) is 8.62. The number of benzene rings is 3. The lowest BCUT2D eigenvalue weighted by molar-refractivity contribution is 0.235. The van der Waals surface area contributed by atoms with Gasteiger partial charge >= 0.3 is 0 Å². The summed E-state index contributed by atoms with van der Waals surface area (Å²) in [6.07, 6.45) is -0.0103. The summed E-state index contributed by atoms with van der Waals surface area (Å²) in [6, 6.07) is 25.6. The van der Waals surface area contributed by atoms with Crippen LogP contribution in [0.1, 0.15) is 12.5 Å². The van der Waals surface area contributed by atoms with E-state index in [1.165, 1.54) is 0 Å². The van der Waals surface area contributed by atoms with Gasteiger partial charge in [0.05, 0.1) is 11.6 Å². The number of hydrogen-bond donors (Lipinski definition) is 1. The first kappa shape index (κ1) is 18.2. The third-order valence-corrected chi connectivity index (χ3v) is 4.17. The Kier molecular flexibility index (Phi) is 6.39. The number of nitrogens with one attached hydrogen (secondary N) is 1. The molecule has 0 bridgehead atoms. The van der Waals surface area contributed by atoms with Crippen molar-refractivity contribution < 1.29 is 9.47 Å². The molecule has 0 amide bonds. The van der Waals surface area contributed by atoms with Crippen LogP contribution in [0.25, 0.3) is 0 Å². The topological polar surface area (TPSA) is 30.5 Å². The van der Waals surface area contributed by atoms with E-state index in [-0.39, 0.29) is 6.10 Å². The van der Waals surface area contributed by atoms with Crippen LogP contribution in [0.5, 0.6) is 11.5 Å². The maximum atomic E-state index is 6.12. The van der Waals surface area contributed by atoms with E-state index >= 15 is 0 Å². The number of hydrogen-bond acceptors (Lipinski definition) is 3. The largest absolute Gasteiger partial charge is 0.489 e. The van der Waals surface area contributed by atoms with E-state index in [1.807, 2.05) is 73.7 Å². The molecule has 0 saturated heterocycles. The first-order valence-corrected chi connectivity index (χ1v) is 9.00. The van der Waals surface area contributed by atoms with Gasteiger partial charge in [-0.1, -0.05) is 54.1 Å². The van der Waals surface area contributed by atoms with Crippen LogP contribution < -0.4 is 14.8 Å². The second kappa shape index (κ2) is 9.16. The Balaban J connectivity index is 1.46. The predicted molar refractivity (Wildman–Crippen MR) is 107 cm³/mol. The van der Waals surface area contributed by atoms with Gasteiger partial charge in [0.15, 0.2) is 0 Å². The van der Waals surface area contributed by atoms with Gasteiger partial charge in [-0.25, -0.2) is 0 Å². The van der Waals surface area contributed by atoms with Gasteiger partial charge in [0.2, 0.25) is 0 Å². The number of anilines is 1. The highest BCUT2D eigenvalue weighted by Gasteiger charge is 2.07. The lowest BCUT2D eigenvalue weighted by atomic mass is 10.2. The van der Waals surface area contributed by atoms with Gasteiger partial charge in [-0.15, -0.1) is 0 Å². The number of halogens is 1. The van der Waals surface area contributed by atoms with Crippen LogP contribution >= 0.6 is 11.6 Å². The Morgan fingerprint density at radius 3 is 2.31 bits per heavy atom. The summed E-state index contributed by atoms with van der Waals surface area (Å²) in [5.41, 5.74) is 2.17. The minimum absolute atomic E-state index is 0.0103. The van der Waals surface area contributed by atoms with E-state index in [0.717, 1.165) is 17.0 Å². The Labute approximate surface area is 159 Å². The normalized spacial score (nSPS) is 11.6. The molecule has 3 aromatic rings. The Bertz CT molecular complexity index is 806. The average Bonchev–Trinajstić information content (AvgIpc) is 2.68. The third kappa shape index (κ3) is 5.43. The Morgan fingerprint density at radius 1 is 0.885 bits per heavy atom. The molecule has 1 N–H and O–H groups in total. The van der Waals surface area contributed by atoms with Crippen LogP contribution in [0.4, 0.5) is 5.69 Å². The summed E-state index contributed by atoms with van der Waals surface area (Å²) >= 11 is 6.12. The summed E-state index contributed by atoms with van der Waals surface area (Å²) in [7, 11) is 0. The second-order valence-corrected chi connectivity index (χ2v) is 6.45. The maximum Gasteiger partial charge on any atom is 0.138 e. The molecule has 0 aliphatic rings. The minimum Gasteiger partial charge on any atom is -0.489 e. The SMILES string of the molecule is CC(CNc1ccc(OCc2ccccc2)cc1)Oc1ccccc1Cl. The fourth-order valence-electron chi connectivity index (χ4n) is 2.47. The Hall–Kier alpha value is -2.65.